The Balaban J connectivity index is 2.76. The van der Waals surface area contributed by atoms with Crippen LogP contribution >= 0.6 is 11.3 Å². The van der Waals surface area contributed by atoms with Gasteiger partial charge in [0.05, 0.1) is 5.56 Å². The number of anilines is 1. The van der Waals surface area contributed by atoms with Gasteiger partial charge in [-0.3, -0.25) is 4.79 Å². The molecule has 0 atom stereocenters. The minimum Gasteiger partial charge on any atom is -0.313 e. The summed E-state index contributed by atoms with van der Waals surface area (Å²) in [5, 5.41) is 13.7. The number of hydrogen-bond donors (Lipinski definition) is 1. The second-order valence-electron chi connectivity index (χ2n) is 2.99. The van der Waals surface area contributed by atoms with E-state index in [1.54, 1.807) is 11.4 Å². The Morgan fingerprint density at radius 1 is 1.64 bits per heavy atom. The maximum absolute atomic E-state index is 11.3. The molecule has 4 heteroatoms. The van der Waals surface area contributed by atoms with Crippen LogP contribution < -0.4 is 5.32 Å². The molecule has 0 saturated heterocycles. The van der Waals surface area contributed by atoms with Gasteiger partial charge in [-0.2, -0.15) is 5.26 Å². The second kappa shape index (κ2) is 4.58. The Morgan fingerprint density at radius 2 is 2.36 bits per heavy atom. The summed E-state index contributed by atoms with van der Waals surface area (Å²) >= 11 is 1.35. The molecular weight excluding hydrogens is 196 g/mol. The van der Waals surface area contributed by atoms with Crippen molar-refractivity contribution >= 4 is 22.2 Å². The number of carbonyl (C=O) groups is 1. The first-order chi connectivity index (χ1) is 6.63. The highest BCUT2D eigenvalue weighted by Crippen LogP contribution is 2.21. The van der Waals surface area contributed by atoms with Crippen LogP contribution in [0.4, 0.5) is 5.00 Å². The molecule has 1 aromatic heterocycles. The minimum atomic E-state index is -0.191. The molecule has 0 bridgehead atoms. The van der Waals surface area contributed by atoms with E-state index in [-0.39, 0.29) is 5.91 Å². The lowest BCUT2D eigenvalue weighted by Gasteiger charge is -1.98. The number of carbonyl (C=O) groups excluding carboxylic acids is 1. The average Bonchev–Trinajstić information content (AvgIpc) is 2.50. The van der Waals surface area contributed by atoms with Crippen LogP contribution in [0.5, 0.6) is 0 Å². The van der Waals surface area contributed by atoms with E-state index in [9.17, 15) is 4.79 Å². The molecule has 72 valence electrons. The normalized spacial score (nSPS) is 8.93. The lowest BCUT2D eigenvalue weighted by molar-refractivity contribution is -0.111. The molecule has 0 aliphatic carbocycles. The van der Waals surface area contributed by atoms with Crippen molar-refractivity contribution in [3.8, 4) is 6.07 Å². The van der Waals surface area contributed by atoms with Gasteiger partial charge in [0.2, 0.25) is 5.91 Å². The van der Waals surface area contributed by atoms with Crippen molar-refractivity contribution in [2.75, 3.05) is 5.32 Å². The third-order valence-electron chi connectivity index (χ3n) is 1.44. The molecule has 0 aromatic carbocycles. The average molecular weight is 206 g/mol. The first-order valence-corrected chi connectivity index (χ1v) is 4.95. The van der Waals surface area contributed by atoms with E-state index in [1.807, 2.05) is 19.9 Å². The van der Waals surface area contributed by atoms with Crippen molar-refractivity contribution in [1.29, 1.82) is 5.26 Å². The SMILES string of the molecule is CC(C)=CC(=O)Nc1sccc1C#N. The molecule has 1 aromatic rings. The third kappa shape index (κ3) is 2.71. The van der Waals surface area contributed by atoms with Gasteiger partial charge in [-0.05, 0) is 25.3 Å². The van der Waals surface area contributed by atoms with Gasteiger partial charge in [-0.15, -0.1) is 11.3 Å². The van der Waals surface area contributed by atoms with Gasteiger partial charge in [0, 0.05) is 6.08 Å². The van der Waals surface area contributed by atoms with Gasteiger partial charge >= 0.3 is 0 Å². The lowest BCUT2D eigenvalue weighted by atomic mass is 10.3. The van der Waals surface area contributed by atoms with E-state index >= 15 is 0 Å². The largest absolute Gasteiger partial charge is 0.313 e. The molecule has 0 aliphatic rings. The highest BCUT2D eigenvalue weighted by molar-refractivity contribution is 7.14. The summed E-state index contributed by atoms with van der Waals surface area (Å²) in [6.45, 7) is 3.69. The van der Waals surface area contributed by atoms with Gasteiger partial charge in [0.15, 0.2) is 0 Å². The summed E-state index contributed by atoms with van der Waals surface area (Å²) in [6, 6.07) is 3.69. The molecule has 1 amide bonds. The summed E-state index contributed by atoms with van der Waals surface area (Å²) in [6.07, 6.45) is 1.50. The number of allylic oxidation sites excluding steroid dienone is 1. The Bertz CT molecular complexity index is 408. The number of nitrogens with one attached hydrogen (secondary N) is 1. The molecule has 1 rings (SSSR count). The highest BCUT2D eigenvalue weighted by Gasteiger charge is 2.05. The highest BCUT2D eigenvalue weighted by atomic mass is 32.1. The number of nitriles is 1. The van der Waals surface area contributed by atoms with Crippen LogP contribution in [0.3, 0.4) is 0 Å². The standard InChI is InChI=1S/C10H10N2OS/c1-7(2)5-9(13)12-10-8(6-11)3-4-14-10/h3-5H,1-2H3,(H,12,13). The molecule has 0 saturated carbocycles. The molecule has 0 unspecified atom stereocenters. The van der Waals surface area contributed by atoms with Gasteiger partial charge in [0.25, 0.3) is 0 Å². The monoisotopic (exact) mass is 206 g/mol. The summed E-state index contributed by atoms with van der Waals surface area (Å²) in [7, 11) is 0. The smallest absolute Gasteiger partial charge is 0.248 e. The molecule has 0 aliphatic heterocycles. The fourth-order valence-corrected chi connectivity index (χ4v) is 1.64. The van der Waals surface area contributed by atoms with Crippen LogP contribution in [0.1, 0.15) is 19.4 Å². The van der Waals surface area contributed by atoms with E-state index in [0.717, 1.165) is 5.57 Å². The Hall–Kier alpha value is -1.60. The molecule has 0 radical (unpaired) electrons. The van der Waals surface area contributed by atoms with Crippen LogP contribution in [0.15, 0.2) is 23.1 Å². The molecule has 14 heavy (non-hydrogen) atoms. The predicted octanol–water partition coefficient (Wildman–Crippen LogP) is 2.52. The second-order valence-corrected chi connectivity index (χ2v) is 3.90. The van der Waals surface area contributed by atoms with Crippen LogP contribution in [-0.4, -0.2) is 5.91 Å². The fraction of sp³-hybridized carbons (Fsp3) is 0.200. The van der Waals surface area contributed by atoms with Crippen molar-refractivity contribution in [3.05, 3.63) is 28.7 Å². The summed E-state index contributed by atoms with van der Waals surface area (Å²) in [5.41, 5.74) is 1.43. The number of nitrogens with zero attached hydrogens (tertiary/aromatic N) is 1. The van der Waals surface area contributed by atoms with Gasteiger partial charge in [-0.1, -0.05) is 5.57 Å². The number of thiophene rings is 1. The number of amides is 1. The quantitative estimate of drug-likeness (QED) is 0.756. The number of rotatable bonds is 2. The summed E-state index contributed by atoms with van der Waals surface area (Å²) in [4.78, 5) is 11.3. The van der Waals surface area contributed by atoms with Crippen molar-refractivity contribution in [1.82, 2.24) is 0 Å². The van der Waals surface area contributed by atoms with E-state index in [0.29, 0.717) is 10.6 Å². The molecule has 1 heterocycles. The molecule has 1 N–H and O–H groups in total. The van der Waals surface area contributed by atoms with Crippen molar-refractivity contribution in [2.24, 2.45) is 0 Å². The lowest BCUT2D eigenvalue weighted by Crippen LogP contribution is -2.07. The molecule has 3 nitrogen and oxygen atoms in total. The Labute approximate surface area is 86.7 Å². The van der Waals surface area contributed by atoms with E-state index < -0.39 is 0 Å². The fourth-order valence-electron chi connectivity index (χ4n) is 0.904. The van der Waals surface area contributed by atoms with Gasteiger partial charge < -0.3 is 5.32 Å². The maximum atomic E-state index is 11.3. The zero-order valence-electron chi connectivity index (χ0n) is 8.00. The topological polar surface area (TPSA) is 52.9 Å². The maximum Gasteiger partial charge on any atom is 0.248 e. The van der Waals surface area contributed by atoms with Crippen LogP contribution in [-0.2, 0) is 4.79 Å². The molecule has 0 spiro atoms. The number of hydrogen-bond acceptors (Lipinski definition) is 3. The Kier molecular flexibility index (Phi) is 3.43. The van der Waals surface area contributed by atoms with Gasteiger partial charge in [0.1, 0.15) is 11.1 Å². The van der Waals surface area contributed by atoms with Gasteiger partial charge in [-0.25, -0.2) is 0 Å². The summed E-state index contributed by atoms with van der Waals surface area (Å²) in [5.74, 6) is -0.191. The van der Waals surface area contributed by atoms with Crippen LogP contribution in [0.25, 0.3) is 0 Å². The first-order valence-electron chi connectivity index (χ1n) is 4.07. The Morgan fingerprint density at radius 3 is 2.93 bits per heavy atom. The predicted molar refractivity (Wildman–Crippen MR) is 57.1 cm³/mol. The third-order valence-corrected chi connectivity index (χ3v) is 2.27. The van der Waals surface area contributed by atoms with E-state index in [1.165, 1.54) is 17.4 Å². The van der Waals surface area contributed by atoms with Crippen molar-refractivity contribution < 1.29 is 4.79 Å². The van der Waals surface area contributed by atoms with E-state index in [4.69, 9.17) is 5.26 Å². The van der Waals surface area contributed by atoms with Crippen LogP contribution in [0, 0.1) is 11.3 Å². The van der Waals surface area contributed by atoms with Crippen molar-refractivity contribution in [3.63, 3.8) is 0 Å². The summed E-state index contributed by atoms with van der Waals surface area (Å²) < 4.78 is 0. The van der Waals surface area contributed by atoms with E-state index in [2.05, 4.69) is 5.32 Å². The van der Waals surface area contributed by atoms with Crippen molar-refractivity contribution in [2.45, 2.75) is 13.8 Å². The van der Waals surface area contributed by atoms with Crippen LogP contribution in [0.2, 0.25) is 0 Å². The zero-order chi connectivity index (χ0) is 10.6. The molecule has 0 fully saturated rings. The molecular formula is C10H10N2OS. The minimum absolute atomic E-state index is 0.191. The first kappa shape index (κ1) is 10.5. The zero-order valence-corrected chi connectivity index (χ0v) is 8.81.